The predicted octanol–water partition coefficient (Wildman–Crippen LogP) is 4.09. The van der Waals surface area contributed by atoms with Gasteiger partial charge >= 0.3 is 0 Å². The molecule has 0 aromatic heterocycles. The summed E-state index contributed by atoms with van der Waals surface area (Å²) in [4.78, 5) is 13.0. The molecular formula is C26H30N2O6S. The first kappa shape index (κ1) is 25.9. The second kappa shape index (κ2) is 11.1. The molecule has 0 aliphatic rings. The zero-order valence-electron chi connectivity index (χ0n) is 20.4. The van der Waals surface area contributed by atoms with Crippen LogP contribution in [0.25, 0.3) is 0 Å². The van der Waals surface area contributed by atoms with Gasteiger partial charge in [-0.25, -0.2) is 8.42 Å². The van der Waals surface area contributed by atoms with Crippen molar-refractivity contribution in [3.8, 4) is 17.2 Å². The second-order valence-electron chi connectivity index (χ2n) is 7.93. The SMILES string of the molecule is COc1ccc([C@H](C)NC(=O)CN(c2ccc(C)cc2)S(=O)(=O)c2ccc(OC)c(OC)c2)cc1. The smallest absolute Gasteiger partial charge is 0.264 e. The number of methoxy groups -OCH3 is 3. The Morgan fingerprint density at radius 1 is 0.886 bits per heavy atom. The number of nitrogens with one attached hydrogen (secondary N) is 1. The molecule has 9 heteroatoms. The van der Waals surface area contributed by atoms with Crippen LogP contribution in [-0.4, -0.2) is 42.2 Å². The summed E-state index contributed by atoms with van der Waals surface area (Å²) < 4.78 is 44.1. The molecule has 0 fully saturated rings. The summed E-state index contributed by atoms with van der Waals surface area (Å²) in [5, 5.41) is 2.88. The van der Waals surface area contributed by atoms with Crippen LogP contribution in [0.4, 0.5) is 5.69 Å². The fourth-order valence-corrected chi connectivity index (χ4v) is 4.96. The molecule has 0 unspecified atom stereocenters. The van der Waals surface area contributed by atoms with Crippen LogP contribution in [0.15, 0.2) is 71.6 Å². The molecule has 186 valence electrons. The Morgan fingerprint density at radius 3 is 2.09 bits per heavy atom. The van der Waals surface area contributed by atoms with E-state index in [-0.39, 0.29) is 16.7 Å². The van der Waals surface area contributed by atoms with Crippen molar-refractivity contribution in [2.45, 2.75) is 24.8 Å². The first-order valence-electron chi connectivity index (χ1n) is 10.9. The van der Waals surface area contributed by atoms with Gasteiger partial charge in [0.05, 0.1) is 38.0 Å². The lowest BCUT2D eigenvalue weighted by atomic mass is 10.1. The van der Waals surface area contributed by atoms with E-state index in [1.807, 2.05) is 26.0 Å². The minimum Gasteiger partial charge on any atom is -0.497 e. The zero-order chi connectivity index (χ0) is 25.6. The van der Waals surface area contributed by atoms with Crippen molar-refractivity contribution in [1.82, 2.24) is 5.32 Å². The van der Waals surface area contributed by atoms with Gasteiger partial charge in [0.2, 0.25) is 5.91 Å². The summed E-state index contributed by atoms with van der Waals surface area (Å²) in [5.74, 6) is 0.936. The monoisotopic (exact) mass is 498 g/mol. The van der Waals surface area contributed by atoms with Crippen LogP contribution in [-0.2, 0) is 14.8 Å². The van der Waals surface area contributed by atoms with E-state index >= 15 is 0 Å². The second-order valence-corrected chi connectivity index (χ2v) is 9.79. The highest BCUT2D eigenvalue weighted by atomic mass is 32.2. The number of ether oxygens (including phenoxy) is 3. The van der Waals surface area contributed by atoms with E-state index in [9.17, 15) is 13.2 Å². The fourth-order valence-electron chi connectivity index (χ4n) is 3.52. The average molecular weight is 499 g/mol. The van der Waals surface area contributed by atoms with Gasteiger partial charge in [-0.05, 0) is 55.8 Å². The predicted molar refractivity (Wildman–Crippen MR) is 135 cm³/mol. The molecule has 0 spiro atoms. The Kier molecular flexibility index (Phi) is 8.24. The largest absolute Gasteiger partial charge is 0.497 e. The van der Waals surface area contributed by atoms with Gasteiger partial charge in [0, 0.05) is 6.07 Å². The summed E-state index contributed by atoms with van der Waals surface area (Å²) in [7, 11) is 0.375. The van der Waals surface area contributed by atoms with Crippen LogP contribution in [0.3, 0.4) is 0 Å². The van der Waals surface area contributed by atoms with Gasteiger partial charge in [0.25, 0.3) is 10.0 Å². The topological polar surface area (TPSA) is 94.2 Å². The molecule has 0 heterocycles. The number of hydrogen-bond donors (Lipinski definition) is 1. The Morgan fingerprint density at radius 2 is 1.51 bits per heavy atom. The Bertz CT molecular complexity index is 1260. The van der Waals surface area contributed by atoms with Crippen molar-refractivity contribution in [3.63, 3.8) is 0 Å². The maximum atomic E-state index is 13.7. The molecule has 0 saturated heterocycles. The Hall–Kier alpha value is -3.72. The Labute approximate surface area is 206 Å². The third kappa shape index (κ3) is 6.05. The Balaban J connectivity index is 1.91. The molecule has 1 N–H and O–H groups in total. The zero-order valence-corrected chi connectivity index (χ0v) is 21.3. The van der Waals surface area contributed by atoms with Crippen molar-refractivity contribution in [1.29, 1.82) is 0 Å². The number of anilines is 1. The fraction of sp³-hybridized carbons (Fsp3) is 0.269. The van der Waals surface area contributed by atoms with Gasteiger partial charge in [-0.3, -0.25) is 9.10 Å². The van der Waals surface area contributed by atoms with E-state index in [0.717, 1.165) is 15.4 Å². The number of aryl methyl sites for hydroxylation is 1. The lowest BCUT2D eigenvalue weighted by Gasteiger charge is -2.25. The van der Waals surface area contributed by atoms with Gasteiger partial charge in [-0.2, -0.15) is 0 Å². The highest BCUT2D eigenvalue weighted by Crippen LogP contribution is 2.32. The molecule has 1 amide bonds. The first-order valence-corrected chi connectivity index (χ1v) is 12.4. The molecule has 0 aliphatic carbocycles. The third-order valence-electron chi connectivity index (χ3n) is 5.55. The molecular weight excluding hydrogens is 468 g/mol. The summed E-state index contributed by atoms with van der Waals surface area (Å²) >= 11 is 0. The van der Waals surface area contributed by atoms with Crippen LogP contribution in [0.1, 0.15) is 24.1 Å². The van der Waals surface area contributed by atoms with E-state index in [1.54, 1.807) is 43.5 Å². The minimum atomic E-state index is -4.11. The number of carbonyl (C=O) groups excluding carboxylic acids is 1. The van der Waals surface area contributed by atoms with E-state index in [4.69, 9.17) is 14.2 Å². The number of nitrogens with zero attached hydrogens (tertiary/aromatic N) is 1. The molecule has 35 heavy (non-hydrogen) atoms. The summed E-state index contributed by atoms with van der Waals surface area (Å²) in [6.45, 7) is 3.33. The van der Waals surface area contributed by atoms with E-state index in [2.05, 4.69) is 5.32 Å². The van der Waals surface area contributed by atoms with Crippen molar-refractivity contribution in [2.24, 2.45) is 0 Å². The van der Waals surface area contributed by atoms with Gasteiger partial charge in [-0.1, -0.05) is 29.8 Å². The van der Waals surface area contributed by atoms with Crippen LogP contribution < -0.4 is 23.8 Å². The summed E-state index contributed by atoms with van der Waals surface area (Å²) in [6, 6.07) is 18.2. The van der Waals surface area contributed by atoms with E-state index < -0.39 is 22.5 Å². The lowest BCUT2D eigenvalue weighted by molar-refractivity contribution is -0.120. The number of hydrogen-bond acceptors (Lipinski definition) is 6. The molecule has 0 bridgehead atoms. The average Bonchev–Trinajstić information content (AvgIpc) is 2.87. The van der Waals surface area contributed by atoms with E-state index in [1.165, 1.54) is 32.4 Å². The molecule has 3 aromatic rings. The molecule has 3 rings (SSSR count). The molecule has 8 nitrogen and oxygen atoms in total. The van der Waals surface area contributed by atoms with Crippen LogP contribution >= 0.6 is 0 Å². The number of rotatable bonds is 10. The van der Waals surface area contributed by atoms with Gasteiger partial charge in [-0.15, -0.1) is 0 Å². The molecule has 1 atom stereocenters. The number of amides is 1. The normalized spacial score (nSPS) is 11.9. The quantitative estimate of drug-likeness (QED) is 0.452. The van der Waals surface area contributed by atoms with Crippen molar-refractivity contribution < 1.29 is 27.4 Å². The summed E-state index contributed by atoms with van der Waals surface area (Å²) in [5.41, 5.74) is 2.20. The maximum absolute atomic E-state index is 13.7. The lowest BCUT2D eigenvalue weighted by Crippen LogP contribution is -2.41. The number of carbonyl (C=O) groups is 1. The van der Waals surface area contributed by atoms with E-state index in [0.29, 0.717) is 17.2 Å². The molecule has 3 aromatic carbocycles. The third-order valence-corrected chi connectivity index (χ3v) is 7.32. The summed E-state index contributed by atoms with van der Waals surface area (Å²) in [6.07, 6.45) is 0. The van der Waals surface area contributed by atoms with Crippen molar-refractivity contribution in [2.75, 3.05) is 32.2 Å². The molecule has 0 radical (unpaired) electrons. The van der Waals surface area contributed by atoms with Gasteiger partial charge in [0.15, 0.2) is 11.5 Å². The maximum Gasteiger partial charge on any atom is 0.264 e. The van der Waals surface area contributed by atoms with Crippen molar-refractivity contribution >= 4 is 21.6 Å². The number of sulfonamides is 1. The first-order chi connectivity index (χ1) is 16.7. The number of benzene rings is 3. The van der Waals surface area contributed by atoms with Crippen LogP contribution in [0.2, 0.25) is 0 Å². The van der Waals surface area contributed by atoms with Crippen LogP contribution in [0.5, 0.6) is 17.2 Å². The minimum absolute atomic E-state index is 0.0215. The standard InChI is InChI=1S/C26H30N2O6S/c1-18-6-10-21(11-7-18)28(35(30,31)23-14-15-24(33-4)25(16-23)34-5)17-26(29)27-19(2)20-8-12-22(32-3)13-9-20/h6-16,19H,17H2,1-5H3,(H,27,29)/t19-/m0/s1. The van der Waals surface area contributed by atoms with Gasteiger partial charge in [0.1, 0.15) is 12.3 Å². The highest BCUT2D eigenvalue weighted by molar-refractivity contribution is 7.92. The molecule has 0 saturated carbocycles. The molecule has 0 aliphatic heterocycles. The van der Waals surface area contributed by atoms with Crippen molar-refractivity contribution in [3.05, 3.63) is 77.9 Å². The van der Waals surface area contributed by atoms with Crippen LogP contribution in [0, 0.1) is 6.92 Å². The van der Waals surface area contributed by atoms with Gasteiger partial charge < -0.3 is 19.5 Å². The highest BCUT2D eigenvalue weighted by Gasteiger charge is 2.29.